The summed E-state index contributed by atoms with van der Waals surface area (Å²) in [4.78, 5) is 11.3. The molecule has 7 nitrogen and oxygen atoms in total. The predicted octanol–water partition coefficient (Wildman–Crippen LogP) is 1.64. The maximum Gasteiger partial charge on any atom is 0.222 e. The van der Waals surface area contributed by atoms with Gasteiger partial charge in [0.15, 0.2) is 0 Å². The number of ether oxygens (including phenoxy) is 5. The lowest BCUT2D eigenvalue weighted by Gasteiger charge is -2.09. The Balaban J connectivity index is 3.04. The van der Waals surface area contributed by atoms with E-state index >= 15 is 0 Å². The van der Waals surface area contributed by atoms with Crippen molar-refractivity contribution >= 4 is 5.91 Å². The lowest BCUT2D eigenvalue weighted by atomic mass is 10.2. The number of unbranched alkanes of at least 4 members (excludes halogenated alkanes) is 1. The Morgan fingerprint density at radius 2 is 1.12 bits per heavy atom. The van der Waals surface area contributed by atoms with Crippen molar-refractivity contribution in [3.8, 4) is 0 Å². The molecule has 0 fully saturated rings. The summed E-state index contributed by atoms with van der Waals surface area (Å²) in [5.41, 5.74) is 0. The highest BCUT2D eigenvalue weighted by molar-refractivity contribution is 5.77. The van der Waals surface area contributed by atoms with E-state index in [1.165, 1.54) is 0 Å². The Hall–Kier alpha value is -0.730. The summed E-state index contributed by atoms with van der Waals surface area (Å²) < 4.78 is 26.9. The van der Waals surface area contributed by atoms with Crippen molar-refractivity contribution in [2.45, 2.75) is 33.6 Å². The number of hydrogen-bond donors (Lipinski definition) is 1. The summed E-state index contributed by atoms with van der Waals surface area (Å²) in [6.07, 6.45) is 2.25. The van der Waals surface area contributed by atoms with E-state index in [9.17, 15) is 4.79 Å². The third-order valence-corrected chi connectivity index (χ3v) is 3.20. The first-order chi connectivity index (χ1) is 12.2. The van der Waals surface area contributed by atoms with Gasteiger partial charge in [0, 0.05) is 19.1 Å². The standard InChI is InChI=1S/C18H37NO6/c1-4-5-7-21-9-11-23-13-15-25-16-14-24-12-10-22-8-6-19-18(20)17(2)3/h17H,4-16H2,1-3H3,(H,19,20). The first-order valence-electron chi connectivity index (χ1n) is 9.34. The lowest BCUT2D eigenvalue weighted by Crippen LogP contribution is -2.31. The molecule has 0 heterocycles. The minimum Gasteiger partial charge on any atom is -0.379 e. The number of rotatable bonds is 19. The van der Waals surface area contributed by atoms with Gasteiger partial charge in [-0.1, -0.05) is 27.2 Å². The number of carbonyl (C=O) groups is 1. The second kappa shape index (κ2) is 19.6. The van der Waals surface area contributed by atoms with E-state index in [4.69, 9.17) is 23.7 Å². The van der Waals surface area contributed by atoms with Crippen LogP contribution in [0.4, 0.5) is 0 Å². The molecule has 0 aromatic rings. The van der Waals surface area contributed by atoms with Gasteiger partial charge in [0.2, 0.25) is 5.91 Å². The van der Waals surface area contributed by atoms with E-state index in [1.807, 2.05) is 13.8 Å². The zero-order valence-electron chi connectivity index (χ0n) is 16.2. The molecule has 0 aliphatic carbocycles. The number of nitrogens with one attached hydrogen (secondary N) is 1. The second-order valence-electron chi connectivity index (χ2n) is 5.86. The summed E-state index contributed by atoms with van der Waals surface area (Å²) in [6, 6.07) is 0. The van der Waals surface area contributed by atoms with Gasteiger partial charge in [0.25, 0.3) is 0 Å². The van der Waals surface area contributed by atoms with Crippen LogP contribution in [0.15, 0.2) is 0 Å². The van der Waals surface area contributed by atoms with Crippen molar-refractivity contribution in [1.82, 2.24) is 5.32 Å². The molecule has 0 aliphatic heterocycles. The molecule has 0 bridgehead atoms. The molecular formula is C18H37NO6. The van der Waals surface area contributed by atoms with Crippen LogP contribution in [0.25, 0.3) is 0 Å². The minimum absolute atomic E-state index is 0.00728. The van der Waals surface area contributed by atoms with Gasteiger partial charge in [-0.2, -0.15) is 0 Å². The highest BCUT2D eigenvalue weighted by Crippen LogP contribution is 1.90. The van der Waals surface area contributed by atoms with Crippen molar-refractivity contribution in [2.75, 3.05) is 72.6 Å². The Kier molecular flexibility index (Phi) is 19.0. The predicted molar refractivity (Wildman–Crippen MR) is 96.9 cm³/mol. The fourth-order valence-electron chi connectivity index (χ4n) is 1.68. The molecule has 150 valence electrons. The lowest BCUT2D eigenvalue weighted by molar-refractivity contribution is -0.124. The molecular weight excluding hydrogens is 326 g/mol. The molecule has 0 aliphatic rings. The molecule has 0 saturated heterocycles. The molecule has 0 aromatic carbocycles. The van der Waals surface area contributed by atoms with Gasteiger partial charge in [0.1, 0.15) is 0 Å². The zero-order valence-corrected chi connectivity index (χ0v) is 16.2. The maximum atomic E-state index is 11.3. The van der Waals surface area contributed by atoms with Gasteiger partial charge in [-0.3, -0.25) is 4.79 Å². The Bertz CT molecular complexity index is 289. The quantitative estimate of drug-likeness (QED) is 0.352. The molecule has 0 radical (unpaired) electrons. The molecule has 25 heavy (non-hydrogen) atoms. The molecule has 0 atom stereocenters. The van der Waals surface area contributed by atoms with Crippen molar-refractivity contribution in [3.05, 3.63) is 0 Å². The SMILES string of the molecule is CCCCOCCOCCOCCOCCOCCNC(=O)C(C)C. The molecule has 7 heteroatoms. The maximum absolute atomic E-state index is 11.3. The van der Waals surface area contributed by atoms with Crippen LogP contribution >= 0.6 is 0 Å². The fraction of sp³-hybridized carbons (Fsp3) is 0.944. The van der Waals surface area contributed by atoms with Gasteiger partial charge in [-0.15, -0.1) is 0 Å². The average Bonchev–Trinajstić information content (AvgIpc) is 2.60. The number of hydrogen-bond acceptors (Lipinski definition) is 6. The molecule has 0 saturated carbocycles. The Morgan fingerprint density at radius 3 is 1.52 bits per heavy atom. The van der Waals surface area contributed by atoms with Crippen LogP contribution < -0.4 is 5.32 Å². The van der Waals surface area contributed by atoms with Crippen LogP contribution in [0.3, 0.4) is 0 Å². The third-order valence-electron chi connectivity index (χ3n) is 3.20. The Morgan fingerprint density at radius 1 is 0.720 bits per heavy atom. The highest BCUT2D eigenvalue weighted by atomic mass is 16.6. The average molecular weight is 363 g/mol. The van der Waals surface area contributed by atoms with E-state index in [0.717, 1.165) is 19.4 Å². The largest absolute Gasteiger partial charge is 0.379 e. The number of amides is 1. The van der Waals surface area contributed by atoms with E-state index < -0.39 is 0 Å². The van der Waals surface area contributed by atoms with Gasteiger partial charge in [0.05, 0.1) is 59.5 Å². The normalized spacial score (nSPS) is 11.2. The van der Waals surface area contributed by atoms with Gasteiger partial charge < -0.3 is 29.0 Å². The van der Waals surface area contributed by atoms with Crippen LogP contribution in [0.2, 0.25) is 0 Å². The topological polar surface area (TPSA) is 75.2 Å². The smallest absolute Gasteiger partial charge is 0.222 e. The van der Waals surface area contributed by atoms with Crippen LogP contribution in [0.1, 0.15) is 33.6 Å². The van der Waals surface area contributed by atoms with Crippen molar-refractivity contribution < 1.29 is 28.5 Å². The van der Waals surface area contributed by atoms with Gasteiger partial charge in [-0.25, -0.2) is 0 Å². The highest BCUT2D eigenvalue weighted by Gasteiger charge is 2.04. The fourth-order valence-corrected chi connectivity index (χ4v) is 1.68. The Labute approximate surface area is 152 Å². The van der Waals surface area contributed by atoms with E-state index in [-0.39, 0.29) is 11.8 Å². The van der Waals surface area contributed by atoms with Crippen molar-refractivity contribution in [1.29, 1.82) is 0 Å². The number of carbonyl (C=O) groups excluding carboxylic acids is 1. The molecule has 1 amide bonds. The van der Waals surface area contributed by atoms with E-state index in [0.29, 0.717) is 66.0 Å². The molecule has 0 rings (SSSR count). The van der Waals surface area contributed by atoms with Gasteiger partial charge in [-0.05, 0) is 6.42 Å². The minimum atomic E-state index is 0.00728. The summed E-state index contributed by atoms with van der Waals surface area (Å²) in [5.74, 6) is 0.0536. The van der Waals surface area contributed by atoms with Crippen LogP contribution in [-0.2, 0) is 28.5 Å². The molecule has 0 spiro atoms. The summed E-state index contributed by atoms with van der Waals surface area (Å²) in [6.45, 7) is 12.2. The third kappa shape index (κ3) is 19.4. The summed E-state index contributed by atoms with van der Waals surface area (Å²) >= 11 is 0. The summed E-state index contributed by atoms with van der Waals surface area (Å²) in [7, 11) is 0. The summed E-state index contributed by atoms with van der Waals surface area (Å²) in [5, 5.41) is 2.79. The van der Waals surface area contributed by atoms with Gasteiger partial charge >= 0.3 is 0 Å². The van der Waals surface area contributed by atoms with Crippen molar-refractivity contribution in [2.24, 2.45) is 5.92 Å². The van der Waals surface area contributed by atoms with E-state index in [2.05, 4.69) is 12.2 Å². The molecule has 0 aromatic heterocycles. The van der Waals surface area contributed by atoms with Crippen molar-refractivity contribution in [3.63, 3.8) is 0 Å². The molecule has 1 N–H and O–H groups in total. The van der Waals surface area contributed by atoms with E-state index in [1.54, 1.807) is 0 Å². The zero-order chi connectivity index (χ0) is 18.6. The van der Waals surface area contributed by atoms with Crippen LogP contribution in [-0.4, -0.2) is 78.5 Å². The molecule has 0 unspecified atom stereocenters. The first kappa shape index (κ1) is 24.3. The van der Waals surface area contributed by atoms with Crippen LogP contribution in [0.5, 0.6) is 0 Å². The first-order valence-corrected chi connectivity index (χ1v) is 9.34. The van der Waals surface area contributed by atoms with Crippen LogP contribution in [0, 0.1) is 5.92 Å². The monoisotopic (exact) mass is 363 g/mol. The second-order valence-corrected chi connectivity index (χ2v) is 5.86.